The van der Waals surface area contributed by atoms with Gasteiger partial charge in [-0.25, -0.2) is 9.78 Å². The smallest absolute Gasteiger partial charge is 0.427 e. The zero-order chi connectivity index (χ0) is 41.4. The van der Waals surface area contributed by atoms with Gasteiger partial charge in [-0.1, -0.05) is 60.8 Å². The largest absolute Gasteiger partial charge is 0.494 e. The van der Waals surface area contributed by atoms with Crippen LogP contribution in [-0.2, 0) is 19.1 Å². The summed E-state index contributed by atoms with van der Waals surface area (Å²) in [5.41, 5.74) is -4.10. The summed E-state index contributed by atoms with van der Waals surface area (Å²) in [6.45, 7) is 6.96. The van der Waals surface area contributed by atoms with Crippen molar-refractivity contribution in [2.24, 2.45) is 17.8 Å². The van der Waals surface area contributed by atoms with Crippen LogP contribution in [0.1, 0.15) is 79.6 Å². The third kappa shape index (κ3) is 9.16. The highest BCUT2D eigenvalue weighted by Crippen LogP contribution is 2.48. The Morgan fingerprint density at radius 1 is 1.12 bits per heavy atom. The second-order valence-corrected chi connectivity index (χ2v) is 18.6. The number of aromatic nitrogens is 1. The van der Waals surface area contributed by atoms with Gasteiger partial charge in [0.15, 0.2) is 0 Å². The van der Waals surface area contributed by atoms with Gasteiger partial charge in [0, 0.05) is 28.4 Å². The molecule has 1 aromatic carbocycles. The van der Waals surface area contributed by atoms with Crippen molar-refractivity contribution in [2.45, 2.75) is 120 Å². The van der Waals surface area contributed by atoms with Crippen LogP contribution in [0.25, 0.3) is 10.8 Å². The van der Waals surface area contributed by atoms with Crippen molar-refractivity contribution in [3.05, 3.63) is 41.6 Å². The molecule has 17 heteroatoms. The maximum Gasteiger partial charge on any atom is 0.427 e. The standard InChI is InChI=1S/C40H51ClF3N5O7S/c1-7-57(26-16-17-26)48-36(52)39-19-24(39)15-14-22(2)10-8-11-23(3)32(46-37(53)56-38(4,5)40(42,43)44)35(51)49-21-25(18-29(49)33(50)47-39)55-34-27-12-9-13-28(41)31(27)30(54-6)20-45-34/h7,9,12-15,20,22-26,29,32H,8,10-11,16-19,21H2,1-6H3,(H,46,53)(H,47,50)(H,48,52)/b15-14-/t22-,23-,24-,25-,29+,32+,39-,57?/m1/s1. The van der Waals surface area contributed by atoms with Gasteiger partial charge in [0.2, 0.25) is 23.3 Å². The van der Waals surface area contributed by atoms with Gasteiger partial charge in [-0.3, -0.25) is 14.4 Å². The highest BCUT2D eigenvalue weighted by molar-refractivity contribution is 8.14. The van der Waals surface area contributed by atoms with E-state index >= 15 is 0 Å². The molecule has 1 unspecified atom stereocenters. The number of nitrogens with one attached hydrogen (secondary N) is 3. The maximum absolute atomic E-state index is 14.7. The summed E-state index contributed by atoms with van der Waals surface area (Å²) >= 11 is 6.54. The molecule has 2 aromatic rings. The molecule has 0 spiro atoms. The Morgan fingerprint density at radius 2 is 1.86 bits per heavy atom. The summed E-state index contributed by atoms with van der Waals surface area (Å²) in [7, 11) is 1.02. The van der Waals surface area contributed by atoms with E-state index in [-0.39, 0.29) is 36.6 Å². The van der Waals surface area contributed by atoms with E-state index in [2.05, 4.69) is 20.3 Å². The topological polar surface area (TPSA) is 148 Å². The SMILES string of the molecule is C/C=S(/NC(=O)[C@@]12C[C@H]1/C=C\[C@H](C)CCC[C@@H](C)[C@H](NC(=O)OC(C)(C)C(F)(F)F)C(=O)N1C[C@H](Oc3ncc(OC)c4c(Cl)cccc34)C[C@H]1C(=O)N2)C1CC1. The minimum absolute atomic E-state index is 0.0234. The Labute approximate surface area is 338 Å². The number of pyridine rings is 1. The van der Waals surface area contributed by atoms with Crippen LogP contribution in [0.2, 0.25) is 5.02 Å². The van der Waals surface area contributed by atoms with Crippen LogP contribution in [0, 0.1) is 17.8 Å². The van der Waals surface area contributed by atoms with Crippen molar-refractivity contribution >= 4 is 62.2 Å². The number of halogens is 4. The molecule has 3 fully saturated rings. The van der Waals surface area contributed by atoms with Crippen molar-refractivity contribution < 1.29 is 46.6 Å². The fraction of sp³-hybridized carbons (Fsp3) is 0.600. The average molecular weight is 838 g/mol. The fourth-order valence-corrected chi connectivity index (χ4v) is 9.52. The quantitative estimate of drug-likeness (QED) is 0.193. The van der Waals surface area contributed by atoms with E-state index in [1.807, 2.05) is 31.4 Å². The number of amides is 4. The number of fused-ring (bicyclic) bond motifs is 3. The zero-order valence-electron chi connectivity index (χ0n) is 32.9. The number of alkyl halides is 3. The third-order valence-corrected chi connectivity index (χ3v) is 13.8. The lowest BCUT2D eigenvalue weighted by Crippen LogP contribution is -2.59. The zero-order valence-corrected chi connectivity index (χ0v) is 34.5. The predicted octanol–water partition coefficient (Wildman–Crippen LogP) is 6.85. The highest BCUT2D eigenvalue weighted by atomic mass is 35.5. The normalized spacial score (nSPS) is 29.5. The molecular weight excluding hydrogens is 787 g/mol. The van der Waals surface area contributed by atoms with Gasteiger partial charge in [0.25, 0.3) is 5.91 Å². The van der Waals surface area contributed by atoms with Crippen LogP contribution >= 0.6 is 22.3 Å². The number of allylic oxidation sites excluding steroid dienone is 1. The van der Waals surface area contributed by atoms with Gasteiger partial charge in [-0.2, -0.15) is 13.2 Å². The van der Waals surface area contributed by atoms with Crippen molar-refractivity contribution in [2.75, 3.05) is 13.7 Å². The monoisotopic (exact) mass is 837 g/mol. The Kier molecular flexibility index (Phi) is 12.4. The number of carbonyl (C=O) groups is 4. The van der Waals surface area contributed by atoms with Gasteiger partial charge >= 0.3 is 12.3 Å². The van der Waals surface area contributed by atoms with Crippen molar-refractivity contribution in [3.8, 4) is 11.6 Å². The number of alkyl carbamates (subject to hydrolysis) is 1. The number of hydrogen-bond donors (Lipinski definition) is 3. The number of nitrogens with zero attached hydrogens (tertiary/aromatic N) is 2. The highest BCUT2D eigenvalue weighted by Gasteiger charge is 2.61. The molecule has 4 amide bonds. The number of carbonyl (C=O) groups excluding carboxylic acids is 4. The number of hydrogen-bond acceptors (Lipinski definition) is 8. The molecule has 0 radical (unpaired) electrons. The Hall–Kier alpha value is -4.05. The van der Waals surface area contributed by atoms with Gasteiger partial charge in [-0.05, 0) is 82.2 Å². The lowest BCUT2D eigenvalue weighted by atomic mass is 9.92. The van der Waals surface area contributed by atoms with E-state index in [4.69, 9.17) is 25.8 Å². The number of methoxy groups -OCH3 is 1. The Morgan fingerprint density at radius 3 is 2.53 bits per heavy atom. The lowest BCUT2D eigenvalue weighted by Gasteiger charge is -2.33. The van der Waals surface area contributed by atoms with E-state index < -0.39 is 70.0 Å². The van der Waals surface area contributed by atoms with Gasteiger partial charge in [0.05, 0.1) is 24.9 Å². The molecule has 4 aliphatic rings. The molecule has 3 N–H and O–H groups in total. The van der Waals surface area contributed by atoms with E-state index in [1.165, 1.54) is 18.2 Å². The van der Waals surface area contributed by atoms with Gasteiger partial charge in [0.1, 0.15) is 29.5 Å². The number of benzene rings is 1. The average Bonchev–Trinajstić information content (AvgIpc) is 4.07. The summed E-state index contributed by atoms with van der Waals surface area (Å²) in [5, 5.41) is 9.28. The van der Waals surface area contributed by atoms with Crippen molar-refractivity contribution in [1.29, 1.82) is 0 Å². The van der Waals surface area contributed by atoms with E-state index in [0.717, 1.165) is 26.7 Å². The molecule has 8 atom stereocenters. The van der Waals surface area contributed by atoms with E-state index in [9.17, 15) is 32.3 Å². The molecular formula is C40H51ClF3N5O7S. The number of ether oxygens (including phenoxy) is 3. The maximum atomic E-state index is 14.7. The summed E-state index contributed by atoms with van der Waals surface area (Å²) in [6.07, 6.45) is 2.47. The van der Waals surface area contributed by atoms with Gasteiger partial charge in [-0.15, -0.1) is 0 Å². The molecule has 1 aromatic heterocycles. The van der Waals surface area contributed by atoms with Crippen LogP contribution in [0.4, 0.5) is 18.0 Å². The van der Waals surface area contributed by atoms with Crippen LogP contribution in [-0.4, -0.2) is 93.5 Å². The summed E-state index contributed by atoms with van der Waals surface area (Å²) in [6, 6.07) is 2.62. The van der Waals surface area contributed by atoms with Crippen molar-refractivity contribution in [3.63, 3.8) is 0 Å². The first kappa shape index (κ1) is 42.6. The van der Waals surface area contributed by atoms with Crippen LogP contribution < -0.4 is 24.8 Å². The molecule has 57 heavy (non-hydrogen) atoms. The Balaban J connectivity index is 1.35. The van der Waals surface area contributed by atoms with E-state index in [0.29, 0.717) is 52.5 Å². The minimum atomic E-state index is -4.88. The summed E-state index contributed by atoms with van der Waals surface area (Å²) < 4.78 is 61.1. The van der Waals surface area contributed by atoms with Crippen LogP contribution in [0.5, 0.6) is 11.6 Å². The first-order valence-electron chi connectivity index (χ1n) is 19.4. The summed E-state index contributed by atoms with van der Waals surface area (Å²) in [4.78, 5) is 62.3. The molecule has 6 rings (SSSR count). The fourth-order valence-electron chi connectivity index (χ4n) is 7.55. The molecule has 312 valence electrons. The molecule has 12 nitrogen and oxygen atoms in total. The number of rotatable bonds is 8. The van der Waals surface area contributed by atoms with E-state index in [1.54, 1.807) is 25.1 Å². The second-order valence-electron chi connectivity index (χ2n) is 16.1. The Bertz CT molecular complexity index is 1960. The molecule has 2 aliphatic carbocycles. The summed E-state index contributed by atoms with van der Waals surface area (Å²) in [5.74, 6) is -1.78. The lowest BCUT2D eigenvalue weighted by molar-refractivity contribution is -0.244. The van der Waals surface area contributed by atoms with Crippen LogP contribution in [0.15, 0.2) is 36.5 Å². The molecule has 2 aliphatic heterocycles. The molecule has 3 heterocycles. The molecule has 0 bridgehead atoms. The third-order valence-electron chi connectivity index (χ3n) is 11.4. The van der Waals surface area contributed by atoms with Crippen LogP contribution in [0.3, 0.4) is 0 Å². The van der Waals surface area contributed by atoms with Crippen molar-refractivity contribution in [1.82, 2.24) is 25.2 Å². The molecule has 1 saturated heterocycles. The first-order valence-corrected chi connectivity index (χ1v) is 21.1. The van der Waals surface area contributed by atoms with Gasteiger partial charge < -0.3 is 34.5 Å². The predicted molar refractivity (Wildman–Crippen MR) is 212 cm³/mol. The first-order chi connectivity index (χ1) is 26.9. The minimum Gasteiger partial charge on any atom is -0.494 e. The second kappa shape index (κ2) is 16.7. The molecule has 2 saturated carbocycles.